The molecule has 4 aliphatic rings. The van der Waals surface area contributed by atoms with Gasteiger partial charge in [-0.05, 0) is 56.2 Å². The predicted molar refractivity (Wildman–Crippen MR) is 105 cm³/mol. The van der Waals surface area contributed by atoms with E-state index in [0.29, 0.717) is 30.6 Å². The van der Waals surface area contributed by atoms with Gasteiger partial charge in [-0.15, -0.1) is 0 Å². The number of nitrogens with zero attached hydrogens (tertiary/aromatic N) is 4. The summed E-state index contributed by atoms with van der Waals surface area (Å²) in [5, 5.41) is 26.3. The first kappa shape index (κ1) is 18.4. The van der Waals surface area contributed by atoms with Crippen molar-refractivity contribution in [3.63, 3.8) is 0 Å². The van der Waals surface area contributed by atoms with Crippen molar-refractivity contribution in [2.45, 2.75) is 43.9 Å². The molecule has 8 nitrogen and oxygen atoms in total. The largest absolute Gasteiger partial charge is 0.396 e. The minimum Gasteiger partial charge on any atom is -0.396 e. The molecule has 8 heteroatoms. The molecule has 2 aromatic rings. The fourth-order valence-corrected chi connectivity index (χ4v) is 5.47. The smallest absolute Gasteiger partial charge is 0.251 e. The van der Waals surface area contributed by atoms with Gasteiger partial charge in [0.25, 0.3) is 5.91 Å². The summed E-state index contributed by atoms with van der Waals surface area (Å²) < 4.78 is 7.62. The van der Waals surface area contributed by atoms with Crippen molar-refractivity contribution in [3.05, 3.63) is 30.1 Å². The lowest BCUT2D eigenvalue weighted by Crippen LogP contribution is -2.59. The number of anilines is 1. The number of pyridine rings is 1. The molecule has 1 amide bonds. The van der Waals surface area contributed by atoms with E-state index < -0.39 is 6.10 Å². The number of hydrogen-bond acceptors (Lipinski definition) is 6. The summed E-state index contributed by atoms with van der Waals surface area (Å²) in [6.45, 7) is 3.29. The molecule has 3 saturated carbocycles. The molecule has 1 saturated heterocycles. The number of morpholine rings is 1. The number of hydrogen-bond donors (Lipinski definition) is 2. The quantitative estimate of drug-likeness (QED) is 0.803. The SMILES string of the molecule is C[C@@H]1CN(c2ccc(C#N)n3nccc23)C[C@H](C(=O)NC23CC(CO)C(C2)C3)O1. The van der Waals surface area contributed by atoms with Crippen LogP contribution in [-0.2, 0) is 9.53 Å². The third kappa shape index (κ3) is 2.96. The molecule has 4 fully saturated rings. The summed E-state index contributed by atoms with van der Waals surface area (Å²) in [7, 11) is 0. The van der Waals surface area contributed by atoms with Gasteiger partial charge in [0.15, 0.2) is 6.10 Å². The van der Waals surface area contributed by atoms with E-state index in [4.69, 9.17) is 4.74 Å². The first-order valence-corrected chi connectivity index (χ1v) is 10.2. The van der Waals surface area contributed by atoms with Crippen molar-refractivity contribution in [2.24, 2.45) is 11.8 Å². The number of carbonyl (C=O) groups excluding carboxylic acids is 1. The van der Waals surface area contributed by atoms with Gasteiger partial charge in [-0.2, -0.15) is 10.4 Å². The third-order valence-corrected chi connectivity index (χ3v) is 6.79. The highest BCUT2D eigenvalue weighted by atomic mass is 16.5. The van der Waals surface area contributed by atoms with Gasteiger partial charge in [-0.1, -0.05) is 0 Å². The predicted octanol–water partition coefficient (Wildman–Crippen LogP) is 1.08. The zero-order chi connectivity index (χ0) is 20.2. The number of aromatic nitrogens is 2. The maximum Gasteiger partial charge on any atom is 0.251 e. The van der Waals surface area contributed by atoms with Crippen LogP contribution in [0, 0.1) is 23.2 Å². The Morgan fingerprint density at radius 1 is 1.38 bits per heavy atom. The second kappa shape index (κ2) is 6.71. The first-order chi connectivity index (χ1) is 14.0. The van der Waals surface area contributed by atoms with Gasteiger partial charge >= 0.3 is 0 Å². The van der Waals surface area contributed by atoms with E-state index in [1.165, 1.54) is 0 Å². The molecule has 29 heavy (non-hydrogen) atoms. The van der Waals surface area contributed by atoms with Gasteiger partial charge in [-0.25, -0.2) is 4.52 Å². The summed E-state index contributed by atoms with van der Waals surface area (Å²) in [5.41, 5.74) is 2.11. The zero-order valence-electron chi connectivity index (χ0n) is 16.4. The van der Waals surface area contributed by atoms with Crippen molar-refractivity contribution in [3.8, 4) is 6.07 Å². The molecule has 0 aromatic carbocycles. The standard InChI is InChI=1S/C21H25N5O3/c1-13-10-25(17-3-2-16(9-22)26-18(17)4-5-23-26)11-19(29-13)20(28)24-21-6-14(7-21)15(8-21)12-27/h2-5,13-15,19,27H,6-8,10-12H2,1H3,(H,24,28)/t13-,14?,15?,19-,21?/m1/s1. The fraction of sp³-hybridized carbons (Fsp3) is 0.571. The van der Waals surface area contributed by atoms with E-state index in [1.54, 1.807) is 16.8 Å². The van der Waals surface area contributed by atoms with Crippen LogP contribution >= 0.6 is 0 Å². The third-order valence-electron chi connectivity index (χ3n) is 6.79. The lowest BCUT2D eigenvalue weighted by Gasteiger charge is -2.42. The maximum atomic E-state index is 13.0. The van der Waals surface area contributed by atoms with Crippen molar-refractivity contribution in [1.82, 2.24) is 14.9 Å². The lowest BCUT2D eigenvalue weighted by atomic mass is 9.76. The monoisotopic (exact) mass is 395 g/mol. The molecule has 0 radical (unpaired) electrons. The normalized spacial score (nSPS) is 33.3. The highest BCUT2D eigenvalue weighted by Gasteiger charge is 2.56. The number of nitrogens with one attached hydrogen (secondary N) is 1. The molecule has 0 spiro atoms. The number of aliphatic hydroxyl groups excluding tert-OH is 1. The van der Waals surface area contributed by atoms with Crippen LogP contribution in [0.3, 0.4) is 0 Å². The van der Waals surface area contributed by atoms with Crippen LogP contribution in [0.2, 0.25) is 0 Å². The molecular formula is C21H25N5O3. The second-order valence-corrected chi connectivity index (χ2v) is 8.77. The Kier molecular flexibility index (Phi) is 4.26. The number of rotatable bonds is 4. The molecule has 2 N–H and O–H groups in total. The molecular weight excluding hydrogens is 370 g/mol. The van der Waals surface area contributed by atoms with Crippen LogP contribution in [-0.4, -0.2) is 58.1 Å². The van der Waals surface area contributed by atoms with E-state index in [0.717, 1.165) is 30.5 Å². The van der Waals surface area contributed by atoms with Gasteiger partial charge in [0.05, 0.1) is 30.0 Å². The summed E-state index contributed by atoms with van der Waals surface area (Å²) in [4.78, 5) is 15.2. The zero-order valence-corrected chi connectivity index (χ0v) is 16.4. The Morgan fingerprint density at radius 2 is 2.21 bits per heavy atom. The number of fused-ring (bicyclic) bond motifs is 2. The van der Waals surface area contributed by atoms with E-state index in [9.17, 15) is 15.2 Å². The lowest BCUT2D eigenvalue weighted by molar-refractivity contribution is -0.140. The van der Waals surface area contributed by atoms with Crippen molar-refractivity contribution in [1.29, 1.82) is 5.26 Å². The van der Waals surface area contributed by atoms with Crippen molar-refractivity contribution in [2.75, 3.05) is 24.6 Å². The Morgan fingerprint density at radius 3 is 2.93 bits per heavy atom. The maximum absolute atomic E-state index is 13.0. The minimum atomic E-state index is -0.557. The molecule has 3 heterocycles. The van der Waals surface area contributed by atoms with Crippen LogP contribution in [0.4, 0.5) is 5.69 Å². The van der Waals surface area contributed by atoms with Gasteiger partial charge in [0, 0.05) is 18.7 Å². The van der Waals surface area contributed by atoms with Crippen LogP contribution < -0.4 is 10.2 Å². The van der Waals surface area contributed by atoms with Crippen LogP contribution in [0.1, 0.15) is 31.9 Å². The number of ether oxygens (including phenoxy) is 1. The minimum absolute atomic E-state index is 0.0724. The van der Waals surface area contributed by atoms with Gasteiger partial charge in [-0.3, -0.25) is 4.79 Å². The Balaban J connectivity index is 1.35. The average molecular weight is 395 g/mol. The topological polar surface area (TPSA) is 103 Å². The van der Waals surface area contributed by atoms with E-state index >= 15 is 0 Å². The molecule has 3 aliphatic carbocycles. The van der Waals surface area contributed by atoms with Crippen LogP contribution in [0.15, 0.2) is 24.4 Å². The number of aliphatic hydroxyl groups is 1. The van der Waals surface area contributed by atoms with Crippen LogP contribution in [0.5, 0.6) is 0 Å². The summed E-state index contributed by atoms with van der Waals surface area (Å²) in [6, 6.07) is 7.71. The molecule has 1 aliphatic heterocycles. The Bertz CT molecular complexity index is 990. The molecule has 2 bridgehead atoms. The van der Waals surface area contributed by atoms with Gasteiger partial charge < -0.3 is 20.1 Å². The molecule has 6 rings (SSSR count). The van der Waals surface area contributed by atoms with E-state index in [1.807, 2.05) is 19.1 Å². The van der Waals surface area contributed by atoms with Gasteiger partial charge in [0.2, 0.25) is 0 Å². The summed E-state index contributed by atoms with van der Waals surface area (Å²) in [6.07, 6.45) is 3.80. The summed E-state index contributed by atoms with van der Waals surface area (Å²) in [5.74, 6) is 0.778. The Hall–Kier alpha value is -2.63. The van der Waals surface area contributed by atoms with Crippen molar-refractivity contribution < 1.29 is 14.6 Å². The summed E-state index contributed by atoms with van der Waals surface area (Å²) >= 11 is 0. The number of nitriles is 1. The highest BCUT2D eigenvalue weighted by Crippen LogP contribution is 2.55. The first-order valence-electron chi connectivity index (χ1n) is 10.2. The fourth-order valence-electron chi connectivity index (χ4n) is 5.47. The molecule has 2 aromatic heterocycles. The number of amides is 1. The Labute approximate surface area is 169 Å². The van der Waals surface area contributed by atoms with Crippen molar-refractivity contribution >= 4 is 17.1 Å². The molecule has 3 atom stereocenters. The van der Waals surface area contributed by atoms with E-state index in [-0.39, 0.29) is 24.2 Å². The highest BCUT2D eigenvalue weighted by molar-refractivity contribution is 5.83. The molecule has 1 unspecified atom stereocenters. The molecule has 152 valence electrons. The van der Waals surface area contributed by atoms with Gasteiger partial charge in [0.1, 0.15) is 11.8 Å². The van der Waals surface area contributed by atoms with Crippen LogP contribution in [0.25, 0.3) is 5.52 Å². The second-order valence-electron chi connectivity index (χ2n) is 8.77. The average Bonchev–Trinajstić information content (AvgIpc) is 3.39. The van der Waals surface area contributed by atoms with E-state index in [2.05, 4.69) is 21.4 Å². The number of carbonyl (C=O) groups is 1.